The van der Waals surface area contributed by atoms with Gasteiger partial charge in [0.15, 0.2) is 0 Å². The molecule has 1 aliphatic heterocycles. The van der Waals surface area contributed by atoms with Crippen molar-refractivity contribution in [1.82, 2.24) is 5.32 Å². The summed E-state index contributed by atoms with van der Waals surface area (Å²) in [7, 11) is 0. The highest BCUT2D eigenvalue weighted by atomic mass is 16.5. The van der Waals surface area contributed by atoms with Gasteiger partial charge < -0.3 is 4.74 Å². The van der Waals surface area contributed by atoms with Gasteiger partial charge in [-0.2, -0.15) is 0 Å². The first-order valence-electron chi connectivity index (χ1n) is 4.16. The lowest BCUT2D eigenvalue weighted by Crippen LogP contribution is -2.49. The van der Waals surface area contributed by atoms with E-state index < -0.39 is 0 Å². The van der Waals surface area contributed by atoms with Crippen molar-refractivity contribution >= 4 is 0 Å². The van der Waals surface area contributed by atoms with Crippen molar-refractivity contribution in [2.75, 3.05) is 13.2 Å². The Hall–Kier alpha value is -0.520. The molecule has 0 amide bonds. The van der Waals surface area contributed by atoms with Crippen molar-refractivity contribution in [1.29, 1.82) is 0 Å². The van der Waals surface area contributed by atoms with E-state index in [0.717, 1.165) is 26.1 Å². The van der Waals surface area contributed by atoms with Crippen LogP contribution in [0.1, 0.15) is 19.8 Å². The first-order valence-corrected chi connectivity index (χ1v) is 4.16. The molecule has 0 radical (unpaired) electrons. The molecule has 0 spiro atoms. The molecule has 1 fully saturated rings. The Bertz CT molecular complexity index is 146. The summed E-state index contributed by atoms with van der Waals surface area (Å²) in [6.07, 6.45) is 7.53. The standard InChI is InChI=1S/C9H15NO/c1-3-5-8(4-2)10-9-6-11-7-9/h2,8-10H,3,5-7H2,1H3. The molecule has 0 bridgehead atoms. The molecule has 2 nitrogen and oxygen atoms in total. The molecule has 0 aromatic rings. The number of hydrogen-bond donors (Lipinski definition) is 1. The summed E-state index contributed by atoms with van der Waals surface area (Å²) in [5.41, 5.74) is 0. The zero-order valence-electron chi connectivity index (χ0n) is 6.97. The van der Waals surface area contributed by atoms with Gasteiger partial charge in [-0.1, -0.05) is 19.3 Å². The van der Waals surface area contributed by atoms with Crippen LogP contribution in [0.2, 0.25) is 0 Å². The van der Waals surface area contributed by atoms with E-state index in [2.05, 4.69) is 18.2 Å². The van der Waals surface area contributed by atoms with E-state index >= 15 is 0 Å². The lowest BCUT2D eigenvalue weighted by atomic mass is 10.1. The van der Waals surface area contributed by atoms with Crippen molar-refractivity contribution in [3.8, 4) is 12.3 Å². The van der Waals surface area contributed by atoms with Gasteiger partial charge in [0.1, 0.15) is 0 Å². The summed E-state index contributed by atoms with van der Waals surface area (Å²) >= 11 is 0. The molecule has 1 saturated heterocycles. The molecule has 1 heterocycles. The minimum atomic E-state index is 0.244. The lowest BCUT2D eigenvalue weighted by molar-refractivity contribution is -0.00775. The first kappa shape index (κ1) is 8.58. The first-order chi connectivity index (χ1) is 5.36. The number of terminal acetylenes is 1. The zero-order valence-corrected chi connectivity index (χ0v) is 6.97. The normalized spacial score (nSPS) is 20.4. The quantitative estimate of drug-likeness (QED) is 0.602. The SMILES string of the molecule is C#CC(CCC)NC1COC1. The van der Waals surface area contributed by atoms with Crippen LogP contribution >= 0.6 is 0 Å². The van der Waals surface area contributed by atoms with Crippen LogP contribution in [0.3, 0.4) is 0 Å². The van der Waals surface area contributed by atoms with Crippen LogP contribution in [0.25, 0.3) is 0 Å². The summed E-state index contributed by atoms with van der Waals surface area (Å²) in [5, 5.41) is 3.34. The van der Waals surface area contributed by atoms with Crippen molar-refractivity contribution in [2.45, 2.75) is 31.8 Å². The van der Waals surface area contributed by atoms with Gasteiger partial charge in [-0.15, -0.1) is 6.42 Å². The molecule has 11 heavy (non-hydrogen) atoms. The van der Waals surface area contributed by atoms with Gasteiger partial charge in [0, 0.05) is 0 Å². The lowest BCUT2D eigenvalue weighted by Gasteiger charge is -2.29. The van der Waals surface area contributed by atoms with Crippen LogP contribution in [-0.2, 0) is 4.74 Å². The summed E-state index contributed by atoms with van der Waals surface area (Å²) in [6, 6.07) is 0.747. The fraction of sp³-hybridized carbons (Fsp3) is 0.778. The molecule has 0 saturated carbocycles. The van der Waals surface area contributed by atoms with Crippen LogP contribution in [-0.4, -0.2) is 25.3 Å². The Morgan fingerprint density at radius 1 is 1.73 bits per heavy atom. The third-order valence-corrected chi connectivity index (χ3v) is 1.85. The summed E-state index contributed by atoms with van der Waals surface area (Å²) in [5.74, 6) is 2.74. The molecule has 62 valence electrons. The van der Waals surface area contributed by atoms with Crippen molar-refractivity contribution < 1.29 is 4.74 Å². The fourth-order valence-electron chi connectivity index (χ4n) is 1.12. The fourth-order valence-corrected chi connectivity index (χ4v) is 1.12. The molecule has 1 rings (SSSR count). The maximum absolute atomic E-state index is 5.33. The predicted octanol–water partition coefficient (Wildman–Crippen LogP) is 0.777. The Kier molecular flexibility index (Phi) is 3.41. The maximum atomic E-state index is 5.33. The van der Waals surface area contributed by atoms with Crippen molar-refractivity contribution in [3.05, 3.63) is 0 Å². The number of rotatable bonds is 4. The Morgan fingerprint density at radius 2 is 2.45 bits per heavy atom. The second-order valence-electron chi connectivity index (χ2n) is 2.91. The van der Waals surface area contributed by atoms with Crippen LogP contribution in [0.15, 0.2) is 0 Å². The molecular formula is C9H15NO. The highest BCUT2D eigenvalue weighted by Gasteiger charge is 2.20. The monoisotopic (exact) mass is 153 g/mol. The minimum Gasteiger partial charge on any atom is -0.378 e. The number of nitrogens with one attached hydrogen (secondary N) is 1. The van der Waals surface area contributed by atoms with E-state index in [4.69, 9.17) is 11.2 Å². The van der Waals surface area contributed by atoms with Crippen LogP contribution in [0.4, 0.5) is 0 Å². The smallest absolute Gasteiger partial charge is 0.0690 e. The molecular weight excluding hydrogens is 138 g/mol. The molecule has 1 unspecified atom stereocenters. The molecule has 2 heteroatoms. The van der Waals surface area contributed by atoms with Crippen molar-refractivity contribution in [2.24, 2.45) is 0 Å². The molecule has 0 aromatic carbocycles. The van der Waals surface area contributed by atoms with E-state index in [1.54, 1.807) is 0 Å². The number of hydrogen-bond acceptors (Lipinski definition) is 2. The van der Waals surface area contributed by atoms with Crippen LogP contribution in [0, 0.1) is 12.3 Å². The maximum Gasteiger partial charge on any atom is 0.0690 e. The summed E-state index contributed by atoms with van der Waals surface area (Å²) < 4.78 is 5.03. The van der Waals surface area contributed by atoms with Crippen LogP contribution in [0.5, 0.6) is 0 Å². The van der Waals surface area contributed by atoms with Gasteiger partial charge in [-0.25, -0.2) is 0 Å². The van der Waals surface area contributed by atoms with Gasteiger partial charge in [-0.05, 0) is 6.42 Å². The Morgan fingerprint density at radius 3 is 2.82 bits per heavy atom. The van der Waals surface area contributed by atoms with Crippen molar-refractivity contribution in [3.63, 3.8) is 0 Å². The van der Waals surface area contributed by atoms with Gasteiger partial charge in [-0.3, -0.25) is 5.32 Å². The average molecular weight is 153 g/mol. The van der Waals surface area contributed by atoms with E-state index in [-0.39, 0.29) is 6.04 Å². The highest BCUT2D eigenvalue weighted by Crippen LogP contribution is 2.03. The second-order valence-corrected chi connectivity index (χ2v) is 2.91. The van der Waals surface area contributed by atoms with E-state index in [0.29, 0.717) is 6.04 Å². The van der Waals surface area contributed by atoms with Gasteiger partial charge in [0.25, 0.3) is 0 Å². The van der Waals surface area contributed by atoms with Gasteiger partial charge in [0.05, 0.1) is 25.3 Å². The zero-order chi connectivity index (χ0) is 8.10. The van der Waals surface area contributed by atoms with E-state index in [1.807, 2.05) is 0 Å². The predicted molar refractivity (Wildman–Crippen MR) is 45.3 cm³/mol. The van der Waals surface area contributed by atoms with Gasteiger partial charge >= 0.3 is 0 Å². The van der Waals surface area contributed by atoms with E-state index in [1.165, 1.54) is 0 Å². The third-order valence-electron chi connectivity index (χ3n) is 1.85. The van der Waals surface area contributed by atoms with Crippen LogP contribution < -0.4 is 5.32 Å². The average Bonchev–Trinajstić information content (AvgIpc) is 1.94. The summed E-state index contributed by atoms with van der Waals surface area (Å²) in [4.78, 5) is 0. The largest absolute Gasteiger partial charge is 0.378 e. The second kappa shape index (κ2) is 4.38. The third kappa shape index (κ3) is 2.53. The van der Waals surface area contributed by atoms with E-state index in [9.17, 15) is 0 Å². The molecule has 1 atom stereocenters. The molecule has 0 aliphatic carbocycles. The molecule has 1 N–H and O–H groups in total. The minimum absolute atomic E-state index is 0.244. The van der Waals surface area contributed by atoms with Gasteiger partial charge in [0.2, 0.25) is 0 Å². The topological polar surface area (TPSA) is 21.3 Å². The molecule has 1 aliphatic rings. The molecule has 0 aromatic heterocycles. The Labute approximate surface area is 68.3 Å². The summed E-state index contributed by atoms with van der Waals surface area (Å²) in [6.45, 7) is 3.78. The number of ether oxygens (including phenoxy) is 1. The highest BCUT2D eigenvalue weighted by molar-refractivity contribution is 5.00. The Balaban J connectivity index is 2.15.